The molecule has 0 spiro atoms. The van der Waals surface area contributed by atoms with Gasteiger partial charge in [-0.25, -0.2) is 0 Å². The zero-order valence-electron chi connectivity index (χ0n) is 7.52. The van der Waals surface area contributed by atoms with E-state index in [2.05, 4.69) is 18.1 Å². The minimum absolute atomic E-state index is 0.0685. The Kier molecular flexibility index (Phi) is 3.93. The second-order valence-corrected chi connectivity index (χ2v) is 2.56. The van der Waals surface area contributed by atoms with E-state index in [0.717, 1.165) is 5.56 Å². The van der Waals surface area contributed by atoms with Gasteiger partial charge in [-0.2, -0.15) is 0 Å². The fraction of sp³-hybridized carbons (Fsp3) is 0.182. The van der Waals surface area contributed by atoms with Gasteiger partial charge in [0.05, 0.1) is 6.61 Å². The van der Waals surface area contributed by atoms with Crippen molar-refractivity contribution in [3.05, 3.63) is 55.4 Å². The van der Waals surface area contributed by atoms with Crippen molar-refractivity contribution in [2.75, 3.05) is 6.61 Å². The molecule has 68 valence electrons. The number of nitrogens with zero attached hydrogens (tertiary/aromatic N) is 1. The molecule has 1 rings (SSSR count). The van der Waals surface area contributed by atoms with Crippen molar-refractivity contribution in [1.82, 2.24) is 4.98 Å². The van der Waals surface area contributed by atoms with Crippen molar-refractivity contribution < 1.29 is 4.74 Å². The Labute approximate surface area is 78.6 Å². The van der Waals surface area contributed by atoms with Crippen LogP contribution in [-0.4, -0.2) is 11.6 Å². The van der Waals surface area contributed by atoms with Gasteiger partial charge >= 0.3 is 0 Å². The minimum Gasteiger partial charge on any atom is -0.365 e. The molecule has 0 bridgehead atoms. The highest BCUT2D eigenvalue weighted by Gasteiger charge is 2.05. The van der Waals surface area contributed by atoms with Crippen molar-refractivity contribution in [2.24, 2.45) is 0 Å². The van der Waals surface area contributed by atoms with E-state index in [-0.39, 0.29) is 6.10 Å². The van der Waals surface area contributed by atoms with Crippen molar-refractivity contribution >= 4 is 0 Å². The molecule has 1 heterocycles. The maximum Gasteiger partial charge on any atom is 0.101 e. The summed E-state index contributed by atoms with van der Waals surface area (Å²) in [5.41, 5.74) is 1.06. The monoisotopic (exact) mass is 179 g/mol. The number of hydrogen-bond donors (Lipinski definition) is 0. The van der Waals surface area contributed by atoms with E-state index >= 15 is 0 Å². The van der Waals surface area contributed by atoms with Crippen LogP contribution >= 0.6 is 0 Å². The third-order valence-corrected chi connectivity index (χ3v) is 1.64. The van der Waals surface area contributed by atoms with Gasteiger partial charge in [0, 0.05) is 12.4 Å². The molecule has 0 amide bonds. The molecule has 2 heteroatoms. The van der Waals surface area contributed by atoms with Crippen LogP contribution in [0.2, 0.25) is 0 Å². The molecule has 1 unspecified atom stereocenters. The average Bonchev–Trinajstić information content (AvgIpc) is 2.21. The Balaban J connectivity index is 2.66. The first kappa shape index (κ1) is 9.68. The average molecular weight is 179 g/mol. The normalized spacial score (nSPS) is 12.0. The van der Waals surface area contributed by atoms with E-state index in [0.29, 0.717) is 6.61 Å². The Morgan fingerprint density at radius 2 is 2.46 bits per heavy atom. The van der Waals surface area contributed by atoms with Crippen molar-refractivity contribution in [1.29, 1.82) is 0 Å². The first-order valence-corrected chi connectivity index (χ1v) is 4.13. The molecule has 0 aromatic carbocycles. The lowest BCUT2D eigenvalue weighted by molar-refractivity contribution is 0.110. The van der Waals surface area contributed by atoms with Gasteiger partial charge in [-0.3, -0.25) is 4.98 Å². The quantitative estimate of drug-likeness (QED) is 0.648. The smallest absolute Gasteiger partial charge is 0.101 e. The predicted octanol–water partition coefficient (Wildman–Crippen LogP) is 2.51. The lowest BCUT2D eigenvalue weighted by atomic mass is 10.2. The molecule has 0 fully saturated rings. The van der Waals surface area contributed by atoms with E-state index in [1.165, 1.54) is 0 Å². The van der Waals surface area contributed by atoms with E-state index in [9.17, 15) is 0 Å². The second-order valence-electron chi connectivity index (χ2n) is 2.56. The molecule has 2 nitrogen and oxygen atoms in total. The molecule has 0 radical (unpaired) electrons. The lowest BCUT2D eigenvalue weighted by Crippen LogP contribution is -2.00. The molecule has 0 saturated carbocycles. The van der Waals surface area contributed by atoms with Gasteiger partial charge < -0.3 is 4.74 Å². The molecular formula is C11H13NO. The number of rotatable bonds is 5. The van der Waals surface area contributed by atoms with Gasteiger partial charge in [-0.15, -0.1) is 13.2 Å². The topological polar surface area (TPSA) is 22.1 Å². The highest BCUT2D eigenvalue weighted by molar-refractivity contribution is 5.17. The highest BCUT2D eigenvalue weighted by Crippen LogP contribution is 2.16. The molecule has 1 atom stereocenters. The standard InChI is InChI=1S/C11H13NO/c1-3-9-13-11(4-2)10-5-7-12-8-6-10/h3-8,11H,1-2,9H2/i7+2,9+2. The molecule has 0 aliphatic carbocycles. The summed E-state index contributed by atoms with van der Waals surface area (Å²) in [6.07, 6.45) is 6.89. The zero-order chi connectivity index (χ0) is 9.52. The molecule has 0 saturated heterocycles. The molecule has 13 heavy (non-hydrogen) atoms. The van der Waals surface area contributed by atoms with Crippen molar-refractivity contribution in [3.8, 4) is 0 Å². The molecule has 0 N–H and O–H groups in total. The van der Waals surface area contributed by atoms with Crippen LogP contribution in [0.25, 0.3) is 0 Å². The third-order valence-electron chi connectivity index (χ3n) is 1.64. The lowest BCUT2D eigenvalue weighted by Gasteiger charge is -2.11. The van der Waals surface area contributed by atoms with Gasteiger partial charge in [0.2, 0.25) is 0 Å². The Morgan fingerprint density at radius 1 is 1.62 bits per heavy atom. The van der Waals surface area contributed by atoms with Gasteiger partial charge in [0.1, 0.15) is 6.10 Å². The van der Waals surface area contributed by atoms with Gasteiger partial charge in [0.15, 0.2) is 0 Å². The molecular weight excluding hydrogens is 166 g/mol. The molecule has 1 aromatic heterocycles. The first-order valence-electron chi connectivity index (χ1n) is 4.13. The summed E-state index contributed by atoms with van der Waals surface area (Å²) in [6.45, 7) is 7.83. The Bertz CT molecular complexity index is 269. The maximum absolute atomic E-state index is 5.46. The number of hydrogen-bond acceptors (Lipinski definition) is 2. The van der Waals surface area contributed by atoms with Crippen LogP contribution in [0.5, 0.6) is 0 Å². The Morgan fingerprint density at radius 3 is 3.00 bits per heavy atom. The summed E-state index contributed by atoms with van der Waals surface area (Å²) < 4.78 is 5.46. The summed E-state index contributed by atoms with van der Waals surface area (Å²) in [5, 5.41) is 0. The fourth-order valence-corrected chi connectivity index (χ4v) is 1.03. The summed E-state index contributed by atoms with van der Waals surface area (Å²) in [4.78, 5) is 3.93. The van der Waals surface area contributed by atoms with Crippen LogP contribution in [0.1, 0.15) is 11.7 Å². The summed E-state index contributed by atoms with van der Waals surface area (Å²) in [7, 11) is 0. The molecule has 1 aromatic rings. The Hall–Kier alpha value is -1.41. The highest BCUT2D eigenvalue weighted by atomic mass is 16.7. The van der Waals surface area contributed by atoms with Crippen LogP contribution in [0.15, 0.2) is 49.8 Å². The zero-order valence-corrected chi connectivity index (χ0v) is 7.52. The maximum atomic E-state index is 5.46. The first-order chi connectivity index (χ1) is 6.38. The molecule has 0 aliphatic heterocycles. The van der Waals surface area contributed by atoms with Crippen LogP contribution in [0, 0.1) is 0 Å². The SMILES string of the molecule is C=C[14CH2]OC(C=C)c1ccn[14cH]c1. The van der Waals surface area contributed by atoms with Crippen molar-refractivity contribution in [3.63, 3.8) is 0 Å². The van der Waals surface area contributed by atoms with Crippen LogP contribution in [0.4, 0.5) is 0 Å². The van der Waals surface area contributed by atoms with E-state index < -0.39 is 0 Å². The van der Waals surface area contributed by atoms with Gasteiger partial charge in [-0.05, 0) is 17.7 Å². The van der Waals surface area contributed by atoms with Crippen molar-refractivity contribution in [2.45, 2.75) is 6.10 Å². The second kappa shape index (κ2) is 5.27. The minimum atomic E-state index is -0.0685. The summed E-state index contributed by atoms with van der Waals surface area (Å²) in [5.74, 6) is 0. The van der Waals surface area contributed by atoms with Gasteiger partial charge in [0.25, 0.3) is 0 Å². The summed E-state index contributed by atoms with van der Waals surface area (Å²) in [6, 6.07) is 3.82. The third kappa shape index (κ3) is 2.84. The van der Waals surface area contributed by atoms with Crippen LogP contribution < -0.4 is 0 Å². The predicted molar refractivity (Wildman–Crippen MR) is 53.3 cm³/mol. The van der Waals surface area contributed by atoms with E-state index in [1.54, 1.807) is 24.5 Å². The number of ether oxygens (including phenoxy) is 1. The summed E-state index contributed by atoms with van der Waals surface area (Å²) >= 11 is 0. The van der Waals surface area contributed by atoms with Crippen LogP contribution in [0.3, 0.4) is 0 Å². The number of pyridine rings is 1. The fourth-order valence-electron chi connectivity index (χ4n) is 1.03. The molecule has 0 aliphatic rings. The van der Waals surface area contributed by atoms with E-state index in [4.69, 9.17) is 4.74 Å². The van der Waals surface area contributed by atoms with Gasteiger partial charge in [-0.1, -0.05) is 12.2 Å². The van der Waals surface area contributed by atoms with E-state index in [1.807, 2.05) is 12.1 Å². The number of aromatic nitrogens is 1. The largest absolute Gasteiger partial charge is 0.365 e. The van der Waals surface area contributed by atoms with Crippen LogP contribution in [-0.2, 0) is 4.74 Å².